The molecule has 0 unspecified atom stereocenters. The van der Waals surface area contributed by atoms with E-state index in [2.05, 4.69) is 4.98 Å². The molecule has 0 amide bonds. The molecule has 2 aromatic carbocycles. The molecule has 0 fully saturated rings. The molecule has 2 N–H and O–H groups in total. The number of aryl methyl sites for hydroxylation is 1. The van der Waals surface area contributed by atoms with Crippen LogP contribution in [-0.4, -0.2) is 15.9 Å². The molecule has 0 bridgehead atoms. The van der Waals surface area contributed by atoms with E-state index in [9.17, 15) is 14.7 Å². The van der Waals surface area contributed by atoms with E-state index in [-0.39, 0.29) is 11.3 Å². The second kappa shape index (κ2) is 5.93. The zero-order valence-electron chi connectivity index (χ0n) is 12.5. The summed E-state index contributed by atoms with van der Waals surface area (Å²) in [6.45, 7) is 1.93. The lowest BCUT2D eigenvalue weighted by molar-refractivity contribution is 0.104. The number of fused-ring (bicyclic) bond motifs is 1. The highest BCUT2D eigenvalue weighted by Crippen LogP contribution is 2.25. The van der Waals surface area contributed by atoms with Crippen molar-refractivity contribution in [2.45, 2.75) is 6.92 Å². The Morgan fingerprint density at radius 1 is 1.09 bits per heavy atom. The SMILES string of the molecule is Cc1ccccc1/C=C/C(=O)c1c(O)c2ccccc2[nH]c1=O. The molecule has 0 atom stereocenters. The van der Waals surface area contributed by atoms with Gasteiger partial charge in [-0.1, -0.05) is 42.5 Å². The third kappa shape index (κ3) is 2.79. The number of carbonyl (C=O) groups is 1. The van der Waals surface area contributed by atoms with Crippen molar-refractivity contribution in [1.29, 1.82) is 0 Å². The molecule has 1 heterocycles. The van der Waals surface area contributed by atoms with Crippen molar-refractivity contribution in [3.63, 3.8) is 0 Å². The van der Waals surface area contributed by atoms with Gasteiger partial charge in [-0.25, -0.2) is 0 Å². The molecule has 0 saturated heterocycles. The van der Waals surface area contributed by atoms with Gasteiger partial charge in [-0.15, -0.1) is 0 Å². The molecule has 0 spiro atoms. The molecule has 4 heteroatoms. The van der Waals surface area contributed by atoms with Crippen LogP contribution in [0.4, 0.5) is 0 Å². The second-order valence-electron chi connectivity index (χ2n) is 5.28. The molecule has 0 aliphatic heterocycles. The smallest absolute Gasteiger partial charge is 0.263 e. The highest BCUT2D eigenvalue weighted by Gasteiger charge is 2.16. The second-order valence-corrected chi connectivity index (χ2v) is 5.28. The number of aromatic amines is 1. The van der Waals surface area contributed by atoms with Crippen LogP contribution in [0.1, 0.15) is 21.5 Å². The number of pyridine rings is 1. The summed E-state index contributed by atoms with van der Waals surface area (Å²) in [4.78, 5) is 27.1. The Kier molecular flexibility index (Phi) is 3.81. The third-order valence-electron chi connectivity index (χ3n) is 3.74. The average molecular weight is 305 g/mol. The number of carbonyl (C=O) groups excluding carboxylic acids is 1. The van der Waals surface area contributed by atoms with Gasteiger partial charge in [0.1, 0.15) is 11.3 Å². The maximum atomic E-state index is 12.3. The van der Waals surface area contributed by atoms with Gasteiger partial charge >= 0.3 is 0 Å². The number of hydrogen-bond donors (Lipinski definition) is 2. The molecule has 4 nitrogen and oxygen atoms in total. The first kappa shape index (κ1) is 14.8. The Morgan fingerprint density at radius 2 is 1.78 bits per heavy atom. The topological polar surface area (TPSA) is 70.2 Å². The Morgan fingerprint density at radius 3 is 2.57 bits per heavy atom. The fourth-order valence-corrected chi connectivity index (χ4v) is 2.48. The van der Waals surface area contributed by atoms with Crippen LogP contribution >= 0.6 is 0 Å². The minimum absolute atomic E-state index is 0.242. The normalized spacial score (nSPS) is 11.2. The number of ketones is 1. The lowest BCUT2D eigenvalue weighted by atomic mass is 10.0. The van der Waals surface area contributed by atoms with Crippen molar-refractivity contribution >= 4 is 22.8 Å². The van der Waals surface area contributed by atoms with Crippen LogP contribution in [-0.2, 0) is 0 Å². The van der Waals surface area contributed by atoms with E-state index in [1.54, 1.807) is 30.3 Å². The standard InChI is InChI=1S/C19H15NO3/c1-12-6-2-3-7-13(12)10-11-16(21)17-18(22)14-8-4-5-9-15(14)20-19(17)23/h2-11H,1H3,(H2,20,22,23)/b11-10+. The zero-order valence-corrected chi connectivity index (χ0v) is 12.5. The first-order valence-corrected chi connectivity index (χ1v) is 7.20. The molecule has 0 aliphatic carbocycles. The predicted octanol–water partition coefficient (Wildman–Crippen LogP) is 3.44. The minimum atomic E-state index is -0.597. The number of hydrogen-bond acceptors (Lipinski definition) is 3. The van der Waals surface area contributed by atoms with Crippen LogP contribution < -0.4 is 5.56 Å². The van der Waals surface area contributed by atoms with Crippen LogP contribution in [0.15, 0.2) is 59.4 Å². The molecule has 0 radical (unpaired) electrons. The third-order valence-corrected chi connectivity index (χ3v) is 3.74. The summed E-state index contributed by atoms with van der Waals surface area (Å²) in [6.07, 6.45) is 2.95. The lowest BCUT2D eigenvalue weighted by Gasteiger charge is -2.05. The number of para-hydroxylation sites is 1. The van der Waals surface area contributed by atoms with Crippen molar-refractivity contribution < 1.29 is 9.90 Å². The molecular formula is C19H15NO3. The quantitative estimate of drug-likeness (QED) is 0.575. The Hall–Kier alpha value is -3.14. The predicted molar refractivity (Wildman–Crippen MR) is 90.8 cm³/mol. The van der Waals surface area contributed by atoms with E-state index in [1.165, 1.54) is 6.08 Å². The van der Waals surface area contributed by atoms with Crippen molar-refractivity contribution in [3.05, 3.63) is 81.7 Å². The summed E-state index contributed by atoms with van der Waals surface area (Å²) in [6, 6.07) is 14.4. The maximum Gasteiger partial charge on any atom is 0.263 e. The van der Waals surface area contributed by atoms with Gasteiger partial charge in [-0.2, -0.15) is 0 Å². The van der Waals surface area contributed by atoms with Crippen LogP contribution in [0.25, 0.3) is 17.0 Å². The number of H-pyrrole nitrogens is 1. The average Bonchev–Trinajstić information content (AvgIpc) is 2.54. The molecule has 23 heavy (non-hydrogen) atoms. The highest BCUT2D eigenvalue weighted by atomic mass is 16.3. The van der Waals surface area contributed by atoms with E-state index in [4.69, 9.17) is 0 Å². The van der Waals surface area contributed by atoms with E-state index >= 15 is 0 Å². The number of aromatic hydroxyl groups is 1. The van der Waals surface area contributed by atoms with E-state index < -0.39 is 11.3 Å². The summed E-state index contributed by atoms with van der Waals surface area (Å²) < 4.78 is 0. The van der Waals surface area contributed by atoms with Crippen molar-refractivity contribution in [2.24, 2.45) is 0 Å². The molecular weight excluding hydrogens is 290 g/mol. The lowest BCUT2D eigenvalue weighted by Crippen LogP contribution is -2.16. The number of rotatable bonds is 3. The van der Waals surface area contributed by atoms with E-state index in [0.717, 1.165) is 11.1 Å². The van der Waals surface area contributed by atoms with Gasteiger partial charge in [0, 0.05) is 5.39 Å². The molecule has 0 saturated carbocycles. The Bertz CT molecular complexity index is 983. The van der Waals surface area contributed by atoms with E-state index in [1.807, 2.05) is 31.2 Å². The molecule has 3 aromatic rings. The Labute approximate surface area is 132 Å². The van der Waals surface area contributed by atoms with Gasteiger partial charge in [0.05, 0.1) is 5.52 Å². The van der Waals surface area contributed by atoms with Crippen molar-refractivity contribution in [2.75, 3.05) is 0 Å². The van der Waals surface area contributed by atoms with Gasteiger partial charge in [0.25, 0.3) is 5.56 Å². The first-order valence-electron chi connectivity index (χ1n) is 7.20. The summed E-state index contributed by atoms with van der Waals surface area (Å²) in [5.74, 6) is -0.818. The monoisotopic (exact) mass is 305 g/mol. The Balaban J connectivity index is 2.05. The first-order chi connectivity index (χ1) is 11.1. The molecule has 114 valence electrons. The fourth-order valence-electron chi connectivity index (χ4n) is 2.48. The van der Waals surface area contributed by atoms with Crippen molar-refractivity contribution in [3.8, 4) is 5.75 Å². The van der Waals surface area contributed by atoms with Crippen LogP contribution in [0, 0.1) is 6.92 Å². The number of allylic oxidation sites excluding steroid dienone is 1. The summed E-state index contributed by atoms with van der Waals surface area (Å²) in [7, 11) is 0. The molecule has 1 aromatic heterocycles. The van der Waals surface area contributed by atoms with Crippen LogP contribution in [0.3, 0.4) is 0 Å². The van der Waals surface area contributed by atoms with Gasteiger partial charge in [0.15, 0.2) is 5.78 Å². The van der Waals surface area contributed by atoms with Gasteiger partial charge in [-0.3, -0.25) is 9.59 Å². The maximum absolute atomic E-state index is 12.3. The van der Waals surface area contributed by atoms with Crippen molar-refractivity contribution in [1.82, 2.24) is 4.98 Å². The fraction of sp³-hybridized carbons (Fsp3) is 0.0526. The highest BCUT2D eigenvalue weighted by molar-refractivity contribution is 6.11. The largest absolute Gasteiger partial charge is 0.506 e. The zero-order chi connectivity index (χ0) is 16.4. The van der Waals surface area contributed by atoms with Gasteiger partial charge < -0.3 is 10.1 Å². The number of aromatic nitrogens is 1. The summed E-state index contributed by atoms with van der Waals surface area (Å²) in [5.41, 5.74) is 1.56. The summed E-state index contributed by atoms with van der Waals surface area (Å²) >= 11 is 0. The number of benzene rings is 2. The molecule has 0 aliphatic rings. The van der Waals surface area contributed by atoms with Crippen LogP contribution in [0.2, 0.25) is 0 Å². The van der Waals surface area contributed by atoms with Crippen LogP contribution in [0.5, 0.6) is 5.75 Å². The van der Waals surface area contributed by atoms with Gasteiger partial charge in [-0.05, 0) is 36.3 Å². The summed E-state index contributed by atoms with van der Waals surface area (Å²) in [5, 5.41) is 10.7. The van der Waals surface area contributed by atoms with E-state index in [0.29, 0.717) is 10.9 Å². The minimum Gasteiger partial charge on any atom is -0.506 e. The molecule has 3 rings (SSSR count). The number of nitrogens with one attached hydrogen (secondary N) is 1. The van der Waals surface area contributed by atoms with Gasteiger partial charge in [0.2, 0.25) is 0 Å².